The first-order valence-corrected chi connectivity index (χ1v) is 6.02. The molecule has 0 saturated heterocycles. The topological polar surface area (TPSA) is 46.5 Å². The first-order valence-electron chi connectivity index (χ1n) is 6.02. The average molecular weight is 256 g/mol. The summed E-state index contributed by atoms with van der Waals surface area (Å²) in [5.74, 6) is -0.165. The van der Waals surface area contributed by atoms with E-state index < -0.39 is 5.97 Å². The van der Waals surface area contributed by atoms with Crippen LogP contribution in [0, 0.1) is 13.8 Å². The lowest BCUT2D eigenvalue weighted by molar-refractivity contribution is 0.0696. The fourth-order valence-electron chi connectivity index (χ4n) is 2.19. The Balaban J connectivity index is 2.68. The summed E-state index contributed by atoms with van der Waals surface area (Å²) in [5.41, 5.74) is 3.99. The lowest BCUT2D eigenvalue weighted by Crippen LogP contribution is -2.01. The van der Waals surface area contributed by atoms with Crippen LogP contribution in [0.4, 0.5) is 0 Å². The molecule has 1 N–H and O–H groups in total. The molecular weight excluding hydrogens is 240 g/mol. The highest BCUT2D eigenvalue weighted by molar-refractivity contribution is 5.92. The van der Waals surface area contributed by atoms with Crippen molar-refractivity contribution in [2.45, 2.75) is 13.8 Å². The van der Waals surface area contributed by atoms with Crippen molar-refractivity contribution < 1.29 is 14.6 Å². The molecule has 3 nitrogen and oxygen atoms in total. The summed E-state index contributed by atoms with van der Waals surface area (Å²) < 4.78 is 5.36. The van der Waals surface area contributed by atoms with E-state index in [4.69, 9.17) is 4.74 Å². The molecule has 2 aromatic carbocycles. The second-order valence-electron chi connectivity index (χ2n) is 4.49. The number of aromatic carboxylic acids is 1. The van der Waals surface area contributed by atoms with Gasteiger partial charge in [0.25, 0.3) is 0 Å². The summed E-state index contributed by atoms with van der Waals surface area (Å²) >= 11 is 0. The molecule has 0 aliphatic rings. The summed E-state index contributed by atoms with van der Waals surface area (Å²) in [6.07, 6.45) is 0. The molecule has 0 amide bonds. The summed E-state index contributed by atoms with van der Waals surface area (Å²) in [6.45, 7) is 3.82. The van der Waals surface area contributed by atoms with E-state index in [-0.39, 0.29) is 0 Å². The summed E-state index contributed by atoms with van der Waals surface area (Å²) in [5, 5.41) is 9.19. The van der Waals surface area contributed by atoms with Crippen molar-refractivity contribution in [2.75, 3.05) is 7.11 Å². The molecule has 0 unspecified atom stereocenters. The van der Waals surface area contributed by atoms with Gasteiger partial charge in [-0.3, -0.25) is 0 Å². The molecule has 2 rings (SSSR count). The molecule has 0 aliphatic heterocycles. The maximum absolute atomic E-state index is 11.2. The monoisotopic (exact) mass is 256 g/mol. The number of carboxylic acid groups (broad SMARTS) is 1. The van der Waals surface area contributed by atoms with Gasteiger partial charge in [0.15, 0.2) is 0 Å². The maximum atomic E-state index is 11.2. The van der Waals surface area contributed by atoms with Crippen LogP contribution >= 0.6 is 0 Å². The Bertz CT molecular complexity index is 630. The third-order valence-corrected chi connectivity index (χ3v) is 3.21. The highest BCUT2D eigenvalue weighted by atomic mass is 16.5. The van der Waals surface area contributed by atoms with Crippen LogP contribution in [0.2, 0.25) is 0 Å². The van der Waals surface area contributed by atoms with E-state index in [1.54, 1.807) is 19.2 Å². The molecule has 0 spiro atoms. The number of hydrogen-bond donors (Lipinski definition) is 1. The molecule has 0 bridgehead atoms. The van der Waals surface area contributed by atoms with E-state index in [1.165, 1.54) is 0 Å². The van der Waals surface area contributed by atoms with Gasteiger partial charge in [-0.25, -0.2) is 4.79 Å². The Morgan fingerprint density at radius 3 is 2.47 bits per heavy atom. The number of carbonyl (C=O) groups is 1. The van der Waals surface area contributed by atoms with Gasteiger partial charge < -0.3 is 9.84 Å². The molecule has 0 heterocycles. The van der Waals surface area contributed by atoms with Gasteiger partial charge in [-0.05, 0) is 43.2 Å². The number of ether oxygens (including phenoxy) is 1. The third kappa shape index (κ3) is 2.45. The molecule has 98 valence electrons. The van der Waals surface area contributed by atoms with Gasteiger partial charge >= 0.3 is 5.97 Å². The fraction of sp³-hybridized carbons (Fsp3) is 0.188. The zero-order valence-corrected chi connectivity index (χ0v) is 11.2. The summed E-state index contributed by atoms with van der Waals surface area (Å²) in [6, 6.07) is 11.2. The van der Waals surface area contributed by atoms with Crippen LogP contribution in [0.1, 0.15) is 21.5 Å². The zero-order valence-electron chi connectivity index (χ0n) is 11.2. The van der Waals surface area contributed by atoms with Crippen LogP contribution in [0.25, 0.3) is 11.1 Å². The van der Waals surface area contributed by atoms with Crippen molar-refractivity contribution in [2.24, 2.45) is 0 Å². The van der Waals surface area contributed by atoms with Crippen LogP contribution in [0.3, 0.4) is 0 Å². The number of aryl methyl sites for hydroxylation is 1. The van der Waals surface area contributed by atoms with E-state index in [0.29, 0.717) is 5.56 Å². The van der Waals surface area contributed by atoms with Crippen molar-refractivity contribution in [1.82, 2.24) is 0 Å². The van der Waals surface area contributed by atoms with Gasteiger partial charge in [0, 0.05) is 5.56 Å². The van der Waals surface area contributed by atoms with Crippen LogP contribution < -0.4 is 4.74 Å². The molecule has 0 aliphatic carbocycles. The molecule has 3 heteroatoms. The maximum Gasteiger partial charge on any atom is 0.335 e. The van der Waals surface area contributed by atoms with Crippen molar-refractivity contribution in [3.8, 4) is 16.9 Å². The number of methoxy groups -OCH3 is 1. The Morgan fingerprint density at radius 1 is 1.11 bits per heavy atom. The number of rotatable bonds is 3. The number of hydrogen-bond acceptors (Lipinski definition) is 2. The Morgan fingerprint density at radius 2 is 1.84 bits per heavy atom. The first kappa shape index (κ1) is 13.1. The largest absolute Gasteiger partial charge is 0.496 e. The number of carboxylic acids is 1. The molecular formula is C16H16O3. The Kier molecular flexibility index (Phi) is 3.56. The Labute approximate surface area is 112 Å². The fourth-order valence-corrected chi connectivity index (χ4v) is 2.19. The highest BCUT2D eigenvalue weighted by Crippen LogP contribution is 2.34. The third-order valence-electron chi connectivity index (χ3n) is 3.21. The molecule has 0 fully saturated rings. The van der Waals surface area contributed by atoms with Gasteiger partial charge in [-0.1, -0.05) is 23.8 Å². The predicted molar refractivity (Wildman–Crippen MR) is 74.9 cm³/mol. The lowest BCUT2D eigenvalue weighted by atomic mass is 9.95. The SMILES string of the molecule is COc1ccc(C)cc1-c1cccc(C(=O)O)c1C. The molecule has 0 saturated carbocycles. The van der Waals surface area contributed by atoms with Crippen molar-refractivity contribution in [1.29, 1.82) is 0 Å². The minimum absolute atomic E-state index is 0.320. The number of benzene rings is 2. The molecule has 0 aromatic heterocycles. The van der Waals surface area contributed by atoms with Crippen LogP contribution in [-0.4, -0.2) is 18.2 Å². The van der Waals surface area contributed by atoms with Crippen molar-refractivity contribution in [3.63, 3.8) is 0 Å². The van der Waals surface area contributed by atoms with Gasteiger partial charge in [0.2, 0.25) is 0 Å². The van der Waals surface area contributed by atoms with Crippen LogP contribution in [0.15, 0.2) is 36.4 Å². The quantitative estimate of drug-likeness (QED) is 0.911. The summed E-state index contributed by atoms with van der Waals surface area (Å²) in [4.78, 5) is 11.2. The minimum atomic E-state index is -0.911. The zero-order chi connectivity index (χ0) is 14.0. The summed E-state index contributed by atoms with van der Waals surface area (Å²) in [7, 11) is 1.62. The smallest absolute Gasteiger partial charge is 0.335 e. The van der Waals surface area contributed by atoms with Gasteiger partial charge in [0.1, 0.15) is 5.75 Å². The average Bonchev–Trinajstić information content (AvgIpc) is 2.38. The molecule has 0 radical (unpaired) electrons. The van der Waals surface area contributed by atoms with Gasteiger partial charge in [-0.15, -0.1) is 0 Å². The standard InChI is InChI=1S/C16H16O3/c1-10-7-8-15(19-3)14(9-10)12-5-4-6-13(11(12)2)16(17)18/h4-9H,1-3H3,(H,17,18). The van der Waals surface area contributed by atoms with Gasteiger partial charge in [-0.2, -0.15) is 0 Å². The molecule has 2 aromatic rings. The molecule has 19 heavy (non-hydrogen) atoms. The normalized spacial score (nSPS) is 10.3. The van der Waals surface area contributed by atoms with Crippen LogP contribution in [-0.2, 0) is 0 Å². The van der Waals surface area contributed by atoms with Crippen LogP contribution in [0.5, 0.6) is 5.75 Å². The van der Waals surface area contributed by atoms with E-state index in [2.05, 4.69) is 0 Å². The molecule has 0 atom stereocenters. The lowest BCUT2D eigenvalue weighted by Gasteiger charge is -2.13. The van der Waals surface area contributed by atoms with E-state index in [1.807, 2.05) is 38.1 Å². The predicted octanol–water partition coefficient (Wildman–Crippen LogP) is 3.68. The Hall–Kier alpha value is -2.29. The van der Waals surface area contributed by atoms with E-state index >= 15 is 0 Å². The minimum Gasteiger partial charge on any atom is -0.496 e. The van der Waals surface area contributed by atoms with E-state index in [0.717, 1.165) is 28.0 Å². The van der Waals surface area contributed by atoms with Gasteiger partial charge in [0.05, 0.1) is 12.7 Å². The second-order valence-corrected chi connectivity index (χ2v) is 4.49. The van der Waals surface area contributed by atoms with E-state index in [9.17, 15) is 9.90 Å². The van der Waals surface area contributed by atoms with Crippen molar-refractivity contribution in [3.05, 3.63) is 53.1 Å². The highest BCUT2D eigenvalue weighted by Gasteiger charge is 2.14. The van der Waals surface area contributed by atoms with Crippen molar-refractivity contribution >= 4 is 5.97 Å². The first-order chi connectivity index (χ1) is 9.04. The second kappa shape index (κ2) is 5.14.